The zero-order valence-corrected chi connectivity index (χ0v) is 11.8. The summed E-state index contributed by atoms with van der Waals surface area (Å²) in [6.45, 7) is 0. The van der Waals surface area contributed by atoms with E-state index in [-0.39, 0.29) is 0 Å². The Morgan fingerprint density at radius 3 is 2.61 bits per heavy atom. The number of aromatic nitrogens is 2. The van der Waals surface area contributed by atoms with E-state index in [0.717, 1.165) is 4.90 Å². The predicted octanol–water partition coefficient (Wildman–Crippen LogP) is 3.87. The summed E-state index contributed by atoms with van der Waals surface area (Å²) >= 11 is 8.71. The Hall–Kier alpha value is -1.22. The van der Waals surface area contributed by atoms with Crippen LogP contribution in [0, 0.1) is 11.3 Å². The minimum atomic E-state index is 0.479. The monoisotopic (exact) mass is 293 g/mol. The first-order valence-electron chi connectivity index (χ1n) is 4.97. The zero-order chi connectivity index (χ0) is 13.0. The summed E-state index contributed by atoms with van der Waals surface area (Å²) in [6.07, 6.45) is 3.45. The molecule has 0 fully saturated rings. The highest BCUT2D eigenvalue weighted by atomic mass is 35.5. The average molecular weight is 294 g/mol. The van der Waals surface area contributed by atoms with Crippen LogP contribution in [0.5, 0.6) is 0 Å². The van der Waals surface area contributed by atoms with E-state index < -0.39 is 0 Å². The third-order valence-corrected chi connectivity index (χ3v) is 3.89. The van der Waals surface area contributed by atoms with Crippen LogP contribution in [0.25, 0.3) is 0 Å². The Bertz CT molecular complexity index is 593. The van der Waals surface area contributed by atoms with Gasteiger partial charge in [-0.2, -0.15) is 5.26 Å². The number of nitriles is 1. The molecule has 0 aliphatic rings. The van der Waals surface area contributed by atoms with Crippen molar-refractivity contribution in [3.05, 3.63) is 41.0 Å². The van der Waals surface area contributed by atoms with E-state index in [9.17, 15) is 0 Å². The molecule has 0 spiro atoms. The van der Waals surface area contributed by atoms with E-state index in [0.29, 0.717) is 20.8 Å². The normalized spacial score (nSPS) is 10.1. The second-order valence-electron chi connectivity index (χ2n) is 3.24. The maximum atomic E-state index is 9.03. The van der Waals surface area contributed by atoms with Gasteiger partial charge in [-0.3, -0.25) is 0 Å². The van der Waals surface area contributed by atoms with Crippen LogP contribution in [0.3, 0.4) is 0 Å². The molecule has 0 unspecified atom stereocenters. The fourth-order valence-electron chi connectivity index (χ4n) is 1.22. The molecule has 2 aromatic rings. The lowest BCUT2D eigenvalue weighted by molar-refractivity contribution is 0.884. The zero-order valence-electron chi connectivity index (χ0n) is 9.42. The summed E-state index contributed by atoms with van der Waals surface area (Å²) in [7, 11) is 0. The van der Waals surface area contributed by atoms with Crippen LogP contribution in [-0.4, -0.2) is 16.2 Å². The van der Waals surface area contributed by atoms with Crippen LogP contribution < -0.4 is 0 Å². The molecule has 90 valence electrons. The lowest BCUT2D eigenvalue weighted by Crippen LogP contribution is -1.92. The highest BCUT2D eigenvalue weighted by molar-refractivity contribution is 7.99. The van der Waals surface area contributed by atoms with Crippen LogP contribution in [0.1, 0.15) is 5.56 Å². The average Bonchev–Trinajstić information content (AvgIpc) is 2.41. The third kappa shape index (κ3) is 3.16. The molecule has 0 N–H and O–H groups in total. The van der Waals surface area contributed by atoms with Gasteiger partial charge in [-0.1, -0.05) is 35.1 Å². The van der Waals surface area contributed by atoms with Gasteiger partial charge in [0.1, 0.15) is 16.7 Å². The SMILES string of the molecule is CSc1ncc(C#N)c(Sc2ccc(Cl)cc2)n1. The number of nitrogens with zero attached hydrogens (tertiary/aromatic N) is 3. The number of rotatable bonds is 3. The Kier molecular flexibility index (Phi) is 4.48. The van der Waals surface area contributed by atoms with Gasteiger partial charge in [0.25, 0.3) is 0 Å². The van der Waals surface area contributed by atoms with Crippen LogP contribution in [0.15, 0.2) is 45.5 Å². The van der Waals surface area contributed by atoms with E-state index >= 15 is 0 Å². The summed E-state index contributed by atoms with van der Waals surface area (Å²) in [5.41, 5.74) is 0.479. The van der Waals surface area contributed by atoms with Crippen molar-refractivity contribution in [1.29, 1.82) is 5.26 Å². The Balaban J connectivity index is 2.32. The van der Waals surface area contributed by atoms with Crippen molar-refractivity contribution in [3.8, 4) is 6.07 Å². The van der Waals surface area contributed by atoms with Gasteiger partial charge in [-0.25, -0.2) is 9.97 Å². The van der Waals surface area contributed by atoms with E-state index in [4.69, 9.17) is 16.9 Å². The molecule has 6 heteroatoms. The molecule has 0 radical (unpaired) electrons. The van der Waals surface area contributed by atoms with Crippen molar-refractivity contribution >= 4 is 35.1 Å². The van der Waals surface area contributed by atoms with Gasteiger partial charge in [-0.15, -0.1) is 0 Å². The lowest BCUT2D eigenvalue weighted by atomic mass is 10.4. The van der Waals surface area contributed by atoms with Gasteiger partial charge in [0.05, 0.1) is 6.20 Å². The standard InChI is InChI=1S/C12H8ClN3S2/c1-17-12-15-7-8(6-14)11(16-12)18-10-4-2-9(13)3-5-10/h2-5,7H,1H3. The van der Waals surface area contributed by atoms with Crippen LogP contribution in [-0.2, 0) is 0 Å². The largest absolute Gasteiger partial charge is 0.230 e. The summed E-state index contributed by atoms with van der Waals surface area (Å²) in [4.78, 5) is 9.41. The topological polar surface area (TPSA) is 49.6 Å². The summed E-state index contributed by atoms with van der Waals surface area (Å²) < 4.78 is 0. The van der Waals surface area contributed by atoms with Crippen LogP contribution in [0.4, 0.5) is 0 Å². The molecule has 3 nitrogen and oxygen atoms in total. The Labute approximate surface area is 119 Å². The minimum Gasteiger partial charge on any atom is -0.230 e. The molecule has 0 aliphatic heterocycles. The first-order valence-corrected chi connectivity index (χ1v) is 7.39. The maximum Gasteiger partial charge on any atom is 0.188 e. The van der Waals surface area contributed by atoms with Gasteiger partial charge in [0.2, 0.25) is 0 Å². The number of thioether (sulfide) groups is 1. The molecule has 0 amide bonds. The molecule has 0 aliphatic carbocycles. The van der Waals surface area contributed by atoms with Gasteiger partial charge in [0, 0.05) is 9.92 Å². The van der Waals surface area contributed by atoms with Crippen molar-refractivity contribution in [3.63, 3.8) is 0 Å². The number of benzene rings is 1. The van der Waals surface area contributed by atoms with Gasteiger partial charge >= 0.3 is 0 Å². The Morgan fingerprint density at radius 2 is 2.00 bits per heavy atom. The van der Waals surface area contributed by atoms with Gasteiger partial charge in [0.15, 0.2) is 5.16 Å². The molecule has 2 rings (SSSR count). The number of halogens is 1. The second kappa shape index (κ2) is 6.10. The van der Waals surface area contributed by atoms with E-state index in [2.05, 4.69) is 16.0 Å². The number of hydrogen-bond acceptors (Lipinski definition) is 5. The molecular weight excluding hydrogens is 286 g/mol. The van der Waals surface area contributed by atoms with E-state index in [1.54, 1.807) is 6.20 Å². The summed E-state index contributed by atoms with van der Waals surface area (Å²) in [5.74, 6) is 0. The smallest absolute Gasteiger partial charge is 0.188 e. The molecule has 1 aromatic heterocycles. The highest BCUT2D eigenvalue weighted by Gasteiger charge is 2.08. The quantitative estimate of drug-likeness (QED) is 0.488. The fourth-order valence-corrected chi connectivity index (χ4v) is 2.58. The van der Waals surface area contributed by atoms with E-state index in [1.807, 2.05) is 30.5 Å². The molecule has 18 heavy (non-hydrogen) atoms. The van der Waals surface area contributed by atoms with Gasteiger partial charge < -0.3 is 0 Å². The molecule has 0 atom stereocenters. The van der Waals surface area contributed by atoms with Crippen molar-refractivity contribution in [2.75, 3.05) is 6.26 Å². The third-order valence-electron chi connectivity index (χ3n) is 2.06. The maximum absolute atomic E-state index is 9.03. The van der Waals surface area contributed by atoms with Crippen LogP contribution >= 0.6 is 35.1 Å². The predicted molar refractivity (Wildman–Crippen MR) is 74.1 cm³/mol. The first kappa shape index (κ1) is 13.2. The lowest BCUT2D eigenvalue weighted by Gasteiger charge is -2.04. The Morgan fingerprint density at radius 1 is 1.28 bits per heavy atom. The highest BCUT2D eigenvalue weighted by Crippen LogP contribution is 2.30. The summed E-state index contributed by atoms with van der Waals surface area (Å²) in [6, 6.07) is 9.52. The van der Waals surface area contributed by atoms with Crippen molar-refractivity contribution < 1.29 is 0 Å². The molecule has 0 saturated heterocycles. The van der Waals surface area contributed by atoms with E-state index in [1.165, 1.54) is 23.5 Å². The number of hydrogen-bond donors (Lipinski definition) is 0. The summed E-state index contributed by atoms with van der Waals surface area (Å²) in [5, 5.41) is 11.0. The molecule has 0 saturated carbocycles. The van der Waals surface area contributed by atoms with Crippen molar-refractivity contribution in [2.24, 2.45) is 0 Å². The van der Waals surface area contributed by atoms with Crippen LogP contribution in [0.2, 0.25) is 5.02 Å². The molecule has 1 heterocycles. The molecular formula is C12H8ClN3S2. The van der Waals surface area contributed by atoms with Crippen molar-refractivity contribution in [1.82, 2.24) is 9.97 Å². The molecule has 0 bridgehead atoms. The second-order valence-corrected chi connectivity index (χ2v) is 5.52. The van der Waals surface area contributed by atoms with Crippen molar-refractivity contribution in [2.45, 2.75) is 15.1 Å². The molecule has 1 aromatic carbocycles. The van der Waals surface area contributed by atoms with Gasteiger partial charge in [-0.05, 0) is 30.5 Å². The fraction of sp³-hybridized carbons (Fsp3) is 0.0833. The minimum absolute atomic E-state index is 0.479. The first-order chi connectivity index (χ1) is 8.72.